The first-order valence-electron chi connectivity index (χ1n) is 6.38. The third kappa shape index (κ3) is 2.54. The standard InChI is InChI=1S/C14H15N5O/c1-19-9-8-12(17-19)14-16-13(20-18-14)7-6-10-4-2-3-5-11(10)15/h2-5,8-9H,6-7,15H2,1H3. The van der Waals surface area contributed by atoms with Gasteiger partial charge in [-0.25, -0.2) is 0 Å². The lowest BCUT2D eigenvalue weighted by atomic mass is 10.1. The minimum absolute atomic E-state index is 0.515. The summed E-state index contributed by atoms with van der Waals surface area (Å²) in [6.07, 6.45) is 3.28. The van der Waals surface area contributed by atoms with Crippen molar-refractivity contribution in [3.63, 3.8) is 0 Å². The van der Waals surface area contributed by atoms with Gasteiger partial charge in [-0.2, -0.15) is 10.1 Å². The zero-order chi connectivity index (χ0) is 13.9. The van der Waals surface area contributed by atoms with Crippen LogP contribution >= 0.6 is 0 Å². The molecule has 6 heteroatoms. The van der Waals surface area contributed by atoms with Crippen molar-refractivity contribution in [2.75, 3.05) is 5.73 Å². The summed E-state index contributed by atoms with van der Waals surface area (Å²) in [5, 5.41) is 8.18. The van der Waals surface area contributed by atoms with Gasteiger partial charge in [0.05, 0.1) is 0 Å². The number of nitrogen functional groups attached to an aromatic ring is 1. The zero-order valence-electron chi connectivity index (χ0n) is 11.2. The molecule has 20 heavy (non-hydrogen) atoms. The SMILES string of the molecule is Cn1ccc(-c2noc(CCc3ccccc3N)n2)n1. The van der Waals surface area contributed by atoms with E-state index in [1.54, 1.807) is 4.68 Å². The number of rotatable bonds is 4. The maximum Gasteiger partial charge on any atom is 0.227 e. The number of anilines is 1. The van der Waals surface area contributed by atoms with E-state index in [1.165, 1.54) is 0 Å². The number of aryl methyl sites for hydroxylation is 3. The van der Waals surface area contributed by atoms with Crippen molar-refractivity contribution in [1.29, 1.82) is 0 Å². The molecule has 0 radical (unpaired) electrons. The lowest BCUT2D eigenvalue weighted by Gasteiger charge is -2.02. The maximum absolute atomic E-state index is 5.90. The van der Waals surface area contributed by atoms with Crippen LogP contribution in [0.2, 0.25) is 0 Å². The number of benzene rings is 1. The van der Waals surface area contributed by atoms with Crippen molar-refractivity contribution < 1.29 is 4.52 Å². The summed E-state index contributed by atoms with van der Waals surface area (Å²) in [6, 6.07) is 9.64. The maximum atomic E-state index is 5.90. The van der Waals surface area contributed by atoms with E-state index in [2.05, 4.69) is 15.2 Å². The van der Waals surface area contributed by atoms with Gasteiger partial charge >= 0.3 is 0 Å². The highest BCUT2D eigenvalue weighted by Gasteiger charge is 2.11. The van der Waals surface area contributed by atoms with Crippen LogP contribution in [0.3, 0.4) is 0 Å². The first-order chi connectivity index (χ1) is 9.72. The molecule has 2 N–H and O–H groups in total. The van der Waals surface area contributed by atoms with Crippen molar-refractivity contribution >= 4 is 5.69 Å². The highest BCUT2D eigenvalue weighted by molar-refractivity contribution is 5.47. The molecule has 2 heterocycles. The monoisotopic (exact) mass is 269 g/mol. The molecule has 0 fully saturated rings. The summed E-state index contributed by atoms with van der Waals surface area (Å²) in [5.74, 6) is 1.11. The third-order valence-corrected chi connectivity index (χ3v) is 3.07. The Kier molecular flexibility index (Phi) is 3.20. The van der Waals surface area contributed by atoms with Crippen LogP contribution in [0.5, 0.6) is 0 Å². The van der Waals surface area contributed by atoms with Gasteiger partial charge in [-0.05, 0) is 24.1 Å². The van der Waals surface area contributed by atoms with Crippen molar-refractivity contribution in [3.05, 3.63) is 48.0 Å². The molecule has 0 bridgehead atoms. The second-order valence-electron chi connectivity index (χ2n) is 4.59. The summed E-state index contributed by atoms with van der Waals surface area (Å²) >= 11 is 0. The van der Waals surface area contributed by atoms with Crippen LogP contribution in [0.25, 0.3) is 11.5 Å². The Morgan fingerprint density at radius 2 is 2.05 bits per heavy atom. The smallest absolute Gasteiger partial charge is 0.227 e. The molecule has 0 amide bonds. The highest BCUT2D eigenvalue weighted by Crippen LogP contribution is 2.16. The molecular weight excluding hydrogens is 254 g/mol. The normalized spacial score (nSPS) is 10.8. The molecule has 0 aliphatic rings. The van der Waals surface area contributed by atoms with Crippen LogP contribution < -0.4 is 5.73 Å². The van der Waals surface area contributed by atoms with Gasteiger partial charge in [0.2, 0.25) is 11.7 Å². The molecule has 0 aliphatic carbocycles. The van der Waals surface area contributed by atoms with Crippen LogP contribution in [0.1, 0.15) is 11.5 Å². The lowest BCUT2D eigenvalue weighted by Crippen LogP contribution is -1.97. The minimum atomic E-state index is 0.515. The van der Waals surface area contributed by atoms with Crippen LogP contribution in [-0.4, -0.2) is 19.9 Å². The number of nitrogens with two attached hydrogens (primary N) is 1. The molecule has 0 saturated carbocycles. The molecule has 0 saturated heterocycles. The summed E-state index contributed by atoms with van der Waals surface area (Å²) in [6.45, 7) is 0. The van der Waals surface area contributed by atoms with E-state index in [0.29, 0.717) is 23.8 Å². The molecule has 0 unspecified atom stereocenters. The first-order valence-corrected chi connectivity index (χ1v) is 6.38. The fourth-order valence-electron chi connectivity index (χ4n) is 2.00. The number of hydrogen-bond donors (Lipinski definition) is 1. The molecule has 3 rings (SSSR count). The van der Waals surface area contributed by atoms with Crippen LogP contribution in [0.15, 0.2) is 41.1 Å². The van der Waals surface area contributed by atoms with Crippen molar-refractivity contribution in [2.45, 2.75) is 12.8 Å². The number of para-hydroxylation sites is 1. The van der Waals surface area contributed by atoms with E-state index >= 15 is 0 Å². The van der Waals surface area contributed by atoms with Gasteiger partial charge in [0.25, 0.3) is 0 Å². The van der Waals surface area contributed by atoms with Crippen molar-refractivity contribution in [3.8, 4) is 11.5 Å². The van der Waals surface area contributed by atoms with Gasteiger partial charge in [0.1, 0.15) is 5.69 Å². The number of hydrogen-bond acceptors (Lipinski definition) is 5. The summed E-state index contributed by atoms with van der Waals surface area (Å²) in [5.41, 5.74) is 8.49. The molecule has 1 aromatic carbocycles. The highest BCUT2D eigenvalue weighted by atomic mass is 16.5. The largest absolute Gasteiger partial charge is 0.399 e. The average molecular weight is 269 g/mol. The Balaban J connectivity index is 1.70. The molecule has 6 nitrogen and oxygen atoms in total. The molecule has 102 valence electrons. The second-order valence-corrected chi connectivity index (χ2v) is 4.59. The number of aromatic nitrogens is 4. The van der Waals surface area contributed by atoms with E-state index in [-0.39, 0.29) is 0 Å². The Labute approximate surface area is 116 Å². The van der Waals surface area contributed by atoms with Crippen molar-refractivity contribution in [2.24, 2.45) is 7.05 Å². The molecule has 3 aromatic rings. The van der Waals surface area contributed by atoms with Crippen LogP contribution in [0, 0.1) is 0 Å². The van der Waals surface area contributed by atoms with Crippen molar-refractivity contribution in [1.82, 2.24) is 19.9 Å². The molecule has 2 aromatic heterocycles. The zero-order valence-corrected chi connectivity index (χ0v) is 11.2. The third-order valence-electron chi connectivity index (χ3n) is 3.07. The molecule has 0 atom stereocenters. The van der Waals surface area contributed by atoms with E-state index in [4.69, 9.17) is 10.3 Å². The predicted molar refractivity (Wildman–Crippen MR) is 74.8 cm³/mol. The average Bonchev–Trinajstić information content (AvgIpc) is 3.06. The Bertz CT molecular complexity index is 716. The minimum Gasteiger partial charge on any atom is -0.399 e. The van der Waals surface area contributed by atoms with Gasteiger partial charge in [-0.1, -0.05) is 23.4 Å². The van der Waals surface area contributed by atoms with E-state index in [0.717, 1.165) is 17.7 Å². The molecular formula is C14H15N5O. The summed E-state index contributed by atoms with van der Waals surface area (Å²) in [4.78, 5) is 4.34. The molecule has 0 spiro atoms. The Hall–Kier alpha value is -2.63. The Morgan fingerprint density at radius 1 is 1.20 bits per heavy atom. The summed E-state index contributed by atoms with van der Waals surface area (Å²) in [7, 11) is 1.85. The fourth-order valence-corrected chi connectivity index (χ4v) is 2.00. The topological polar surface area (TPSA) is 82.8 Å². The fraction of sp³-hybridized carbons (Fsp3) is 0.214. The second kappa shape index (κ2) is 5.16. The van der Waals surface area contributed by atoms with Gasteiger partial charge in [-0.3, -0.25) is 4.68 Å². The quantitative estimate of drug-likeness (QED) is 0.731. The van der Waals surface area contributed by atoms with Gasteiger partial charge < -0.3 is 10.3 Å². The Morgan fingerprint density at radius 3 is 2.80 bits per heavy atom. The van der Waals surface area contributed by atoms with E-state index in [9.17, 15) is 0 Å². The number of nitrogens with zero attached hydrogens (tertiary/aromatic N) is 4. The van der Waals surface area contributed by atoms with E-state index in [1.807, 2.05) is 43.6 Å². The predicted octanol–water partition coefficient (Wildman–Crippen LogP) is 1.84. The first kappa shape index (κ1) is 12.4. The van der Waals surface area contributed by atoms with Crippen LogP contribution in [-0.2, 0) is 19.9 Å². The van der Waals surface area contributed by atoms with Gasteiger partial charge in [0, 0.05) is 25.4 Å². The van der Waals surface area contributed by atoms with E-state index < -0.39 is 0 Å². The van der Waals surface area contributed by atoms with Gasteiger partial charge in [0.15, 0.2) is 0 Å². The molecule has 0 aliphatic heterocycles. The van der Waals surface area contributed by atoms with Crippen LogP contribution in [0.4, 0.5) is 5.69 Å². The summed E-state index contributed by atoms with van der Waals surface area (Å²) < 4.78 is 6.94. The van der Waals surface area contributed by atoms with Gasteiger partial charge in [-0.15, -0.1) is 0 Å². The lowest BCUT2D eigenvalue weighted by molar-refractivity contribution is 0.379.